The summed E-state index contributed by atoms with van der Waals surface area (Å²) in [6.45, 7) is 7.82. The highest BCUT2D eigenvalue weighted by atomic mass is 35.5. The molecular weight excluding hydrogens is 265 g/mol. The van der Waals surface area contributed by atoms with Gasteiger partial charge in [0.15, 0.2) is 0 Å². The van der Waals surface area contributed by atoms with E-state index >= 15 is 0 Å². The molecule has 0 unspecified atom stereocenters. The molecule has 2 aromatic heterocycles. The van der Waals surface area contributed by atoms with Gasteiger partial charge in [0.05, 0.1) is 11.9 Å². The SMILES string of the molecule is Cc1c(Cl)nc(C(C)(C)C)nc1-c1cncc(F)c1. The van der Waals surface area contributed by atoms with Crippen molar-refractivity contribution in [2.24, 2.45) is 0 Å². The van der Waals surface area contributed by atoms with Crippen LogP contribution in [0.1, 0.15) is 32.2 Å². The van der Waals surface area contributed by atoms with Gasteiger partial charge >= 0.3 is 0 Å². The van der Waals surface area contributed by atoms with Gasteiger partial charge in [0.2, 0.25) is 0 Å². The van der Waals surface area contributed by atoms with Crippen LogP contribution in [0, 0.1) is 12.7 Å². The van der Waals surface area contributed by atoms with Crippen molar-refractivity contribution >= 4 is 11.6 Å². The van der Waals surface area contributed by atoms with E-state index in [2.05, 4.69) is 15.0 Å². The normalized spacial score (nSPS) is 11.7. The maximum Gasteiger partial charge on any atom is 0.142 e. The van der Waals surface area contributed by atoms with Crippen LogP contribution in [-0.4, -0.2) is 15.0 Å². The van der Waals surface area contributed by atoms with E-state index in [1.165, 1.54) is 6.07 Å². The van der Waals surface area contributed by atoms with E-state index in [-0.39, 0.29) is 5.41 Å². The molecule has 2 heterocycles. The molecule has 5 heteroatoms. The van der Waals surface area contributed by atoms with Crippen LogP contribution in [0.5, 0.6) is 0 Å². The molecule has 0 aliphatic rings. The summed E-state index contributed by atoms with van der Waals surface area (Å²) in [5.74, 6) is 0.228. The molecule has 0 saturated heterocycles. The zero-order valence-corrected chi connectivity index (χ0v) is 12.1. The summed E-state index contributed by atoms with van der Waals surface area (Å²) < 4.78 is 13.3. The fraction of sp³-hybridized carbons (Fsp3) is 0.357. The summed E-state index contributed by atoms with van der Waals surface area (Å²) in [6.07, 6.45) is 2.73. The molecule has 0 aliphatic heterocycles. The molecule has 3 nitrogen and oxygen atoms in total. The first-order valence-electron chi connectivity index (χ1n) is 5.94. The van der Waals surface area contributed by atoms with Crippen LogP contribution in [0.2, 0.25) is 5.15 Å². The highest BCUT2D eigenvalue weighted by molar-refractivity contribution is 6.30. The van der Waals surface area contributed by atoms with Gasteiger partial charge in [0.25, 0.3) is 0 Å². The van der Waals surface area contributed by atoms with Crippen LogP contribution < -0.4 is 0 Å². The number of hydrogen-bond acceptors (Lipinski definition) is 3. The van der Waals surface area contributed by atoms with E-state index in [9.17, 15) is 4.39 Å². The van der Waals surface area contributed by atoms with Gasteiger partial charge < -0.3 is 0 Å². The molecule has 0 fully saturated rings. The molecule has 100 valence electrons. The predicted molar refractivity (Wildman–Crippen MR) is 73.7 cm³/mol. The smallest absolute Gasteiger partial charge is 0.142 e. The maximum absolute atomic E-state index is 13.3. The Morgan fingerprint density at radius 2 is 1.84 bits per heavy atom. The number of halogens is 2. The average Bonchev–Trinajstić information content (AvgIpc) is 2.31. The van der Waals surface area contributed by atoms with E-state index in [0.717, 1.165) is 11.8 Å². The molecule has 2 rings (SSSR count). The molecular formula is C14H15ClFN3. The van der Waals surface area contributed by atoms with Crippen LogP contribution in [-0.2, 0) is 5.41 Å². The highest BCUT2D eigenvalue weighted by Crippen LogP contribution is 2.29. The molecule has 0 atom stereocenters. The van der Waals surface area contributed by atoms with Crippen LogP contribution >= 0.6 is 11.6 Å². The number of hydrogen-bond donors (Lipinski definition) is 0. The molecule has 0 aromatic carbocycles. The summed E-state index contributed by atoms with van der Waals surface area (Å²) in [4.78, 5) is 12.7. The van der Waals surface area contributed by atoms with Crippen LogP contribution in [0.15, 0.2) is 18.5 Å². The maximum atomic E-state index is 13.3. The Morgan fingerprint density at radius 1 is 1.16 bits per heavy atom. The highest BCUT2D eigenvalue weighted by Gasteiger charge is 2.21. The van der Waals surface area contributed by atoms with Gasteiger partial charge in [-0.2, -0.15) is 0 Å². The van der Waals surface area contributed by atoms with E-state index < -0.39 is 5.82 Å². The van der Waals surface area contributed by atoms with Crippen molar-refractivity contribution < 1.29 is 4.39 Å². The van der Waals surface area contributed by atoms with Gasteiger partial charge in [0.1, 0.15) is 16.8 Å². The number of nitrogens with zero attached hydrogens (tertiary/aromatic N) is 3. The Balaban J connectivity index is 2.66. The van der Waals surface area contributed by atoms with Gasteiger partial charge in [-0.15, -0.1) is 0 Å². The van der Waals surface area contributed by atoms with Crippen LogP contribution in [0.3, 0.4) is 0 Å². The lowest BCUT2D eigenvalue weighted by atomic mass is 9.95. The fourth-order valence-electron chi connectivity index (χ4n) is 1.65. The summed E-state index contributed by atoms with van der Waals surface area (Å²) >= 11 is 6.15. The Labute approximate surface area is 116 Å². The second kappa shape index (κ2) is 4.85. The van der Waals surface area contributed by atoms with Gasteiger partial charge in [-0.25, -0.2) is 14.4 Å². The topological polar surface area (TPSA) is 38.7 Å². The summed E-state index contributed by atoms with van der Waals surface area (Å²) in [5.41, 5.74) is 1.72. The first-order valence-corrected chi connectivity index (χ1v) is 6.32. The monoisotopic (exact) mass is 279 g/mol. The molecule has 0 aliphatic carbocycles. The van der Waals surface area contributed by atoms with Crippen molar-refractivity contribution in [3.63, 3.8) is 0 Å². The first-order chi connectivity index (χ1) is 8.79. The van der Waals surface area contributed by atoms with Gasteiger partial charge in [-0.3, -0.25) is 4.98 Å². The largest absolute Gasteiger partial charge is 0.261 e. The minimum absolute atomic E-state index is 0.229. The third kappa shape index (κ3) is 2.89. The molecule has 0 saturated carbocycles. The number of aromatic nitrogens is 3. The standard InChI is InChI=1S/C14H15ClFN3/c1-8-11(9-5-10(16)7-17-6-9)18-13(14(2,3)4)19-12(8)15/h5-7H,1-4H3. The lowest BCUT2D eigenvalue weighted by molar-refractivity contribution is 0.545. The minimum Gasteiger partial charge on any atom is -0.261 e. The molecule has 0 N–H and O–H groups in total. The summed E-state index contributed by atoms with van der Waals surface area (Å²) in [5, 5.41) is 0.388. The van der Waals surface area contributed by atoms with Crippen molar-refractivity contribution in [2.75, 3.05) is 0 Å². The first kappa shape index (κ1) is 13.9. The van der Waals surface area contributed by atoms with Crippen LogP contribution in [0.25, 0.3) is 11.3 Å². The van der Waals surface area contributed by atoms with E-state index in [0.29, 0.717) is 22.2 Å². The zero-order valence-electron chi connectivity index (χ0n) is 11.3. The van der Waals surface area contributed by atoms with E-state index in [1.54, 1.807) is 6.20 Å². The van der Waals surface area contributed by atoms with Crippen LogP contribution in [0.4, 0.5) is 4.39 Å². The zero-order chi connectivity index (χ0) is 14.2. The van der Waals surface area contributed by atoms with Crippen molar-refractivity contribution in [3.8, 4) is 11.3 Å². The fourth-order valence-corrected chi connectivity index (χ4v) is 1.82. The van der Waals surface area contributed by atoms with E-state index in [1.807, 2.05) is 27.7 Å². The predicted octanol–water partition coefficient (Wildman–Crippen LogP) is 3.94. The van der Waals surface area contributed by atoms with Gasteiger partial charge in [0, 0.05) is 22.7 Å². The van der Waals surface area contributed by atoms with E-state index in [4.69, 9.17) is 11.6 Å². The molecule has 0 radical (unpaired) electrons. The minimum atomic E-state index is -0.399. The summed E-state index contributed by atoms with van der Waals surface area (Å²) in [6, 6.07) is 1.39. The van der Waals surface area contributed by atoms with Gasteiger partial charge in [-0.1, -0.05) is 32.4 Å². The van der Waals surface area contributed by atoms with Crippen molar-refractivity contribution in [2.45, 2.75) is 33.1 Å². The molecule has 19 heavy (non-hydrogen) atoms. The van der Waals surface area contributed by atoms with Crippen molar-refractivity contribution in [1.82, 2.24) is 15.0 Å². The summed E-state index contributed by atoms with van der Waals surface area (Å²) in [7, 11) is 0. The second-order valence-electron chi connectivity index (χ2n) is 5.45. The lowest BCUT2D eigenvalue weighted by Gasteiger charge is -2.19. The lowest BCUT2D eigenvalue weighted by Crippen LogP contribution is -2.17. The Kier molecular flexibility index (Phi) is 3.54. The number of rotatable bonds is 1. The number of pyridine rings is 1. The molecule has 0 amide bonds. The molecule has 0 spiro atoms. The molecule has 0 bridgehead atoms. The second-order valence-corrected chi connectivity index (χ2v) is 5.81. The Hall–Kier alpha value is -1.55. The quantitative estimate of drug-likeness (QED) is 0.742. The van der Waals surface area contributed by atoms with Crippen molar-refractivity contribution in [1.29, 1.82) is 0 Å². The van der Waals surface area contributed by atoms with Crippen molar-refractivity contribution in [3.05, 3.63) is 40.8 Å². The molecule has 2 aromatic rings. The Bertz CT molecular complexity index is 621. The Morgan fingerprint density at radius 3 is 2.42 bits per heavy atom. The third-order valence-corrected chi connectivity index (χ3v) is 3.10. The van der Waals surface area contributed by atoms with Gasteiger partial charge in [-0.05, 0) is 13.0 Å². The average molecular weight is 280 g/mol. The third-order valence-electron chi connectivity index (χ3n) is 2.74.